The molecule has 1 amide bonds. The first-order chi connectivity index (χ1) is 10.6. The minimum atomic E-state index is -0.634. The van der Waals surface area contributed by atoms with Crippen LogP contribution in [0.5, 0.6) is 0 Å². The number of halogens is 1. The Labute approximate surface area is 133 Å². The molecule has 120 valence electrons. The average molecular weight is 327 g/mol. The lowest BCUT2D eigenvalue weighted by atomic mass is 9.83. The van der Waals surface area contributed by atoms with Gasteiger partial charge in [-0.15, -0.1) is 0 Å². The molecule has 1 aromatic rings. The zero-order valence-corrected chi connectivity index (χ0v) is 12.9. The van der Waals surface area contributed by atoms with E-state index in [-0.39, 0.29) is 22.6 Å². The van der Waals surface area contributed by atoms with Crippen molar-refractivity contribution in [2.24, 2.45) is 5.73 Å². The largest absolute Gasteiger partial charge is 0.381 e. The summed E-state index contributed by atoms with van der Waals surface area (Å²) in [5.41, 5.74) is 5.11. The highest BCUT2D eigenvalue weighted by molar-refractivity contribution is 6.28. The third-order valence-corrected chi connectivity index (χ3v) is 4.43. The Kier molecular flexibility index (Phi) is 4.46. The van der Waals surface area contributed by atoms with Gasteiger partial charge in [0.05, 0.1) is 11.6 Å². The van der Waals surface area contributed by atoms with E-state index < -0.39 is 5.91 Å². The maximum atomic E-state index is 11.3. The van der Waals surface area contributed by atoms with E-state index >= 15 is 0 Å². The second kappa shape index (κ2) is 6.36. The summed E-state index contributed by atoms with van der Waals surface area (Å²) in [5.74, 6) is -0.142. The number of nitrogens with two attached hydrogens (primary N) is 1. The molecule has 3 rings (SSSR count). The van der Waals surface area contributed by atoms with Crippen LogP contribution in [0.15, 0.2) is 6.07 Å². The van der Waals surface area contributed by atoms with Crippen LogP contribution in [-0.2, 0) is 9.47 Å². The molecular weight excluding hydrogens is 308 g/mol. The molecule has 2 aliphatic rings. The monoisotopic (exact) mass is 326 g/mol. The average Bonchev–Trinajstić information content (AvgIpc) is 3.02. The van der Waals surface area contributed by atoms with Gasteiger partial charge in [0.25, 0.3) is 5.91 Å². The van der Waals surface area contributed by atoms with Crippen LogP contribution in [0.2, 0.25) is 5.28 Å². The second-order valence-electron chi connectivity index (χ2n) is 5.67. The van der Waals surface area contributed by atoms with E-state index in [1.54, 1.807) is 0 Å². The fraction of sp³-hybridized carbons (Fsp3) is 0.643. The van der Waals surface area contributed by atoms with Crippen LogP contribution < -0.4 is 11.1 Å². The fourth-order valence-corrected chi connectivity index (χ4v) is 3.32. The van der Waals surface area contributed by atoms with Crippen LogP contribution in [0.3, 0.4) is 0 Å². The molecule has 3 N–H and O–H groups in total. The number of carbonyl (C=O) groups is 1. The van der Waals surface area contributed by atoms with Gasteiger partial charge in [0.15, 0.2) is 0 Å². The molecule has 3 heterocycles. The predicted octanol–water partition coefficient (Wildman–Crippen LogP) is 1.37. The van der Waals surface area contributed by atoms with Crippen molar-refractivity contribution in [1.29, 1.82) is 0 Å². The molecular formula is C14H19ClN4O3. The maximum absolute atomic E-state index is 11.3. The molecule has 0 aromatic carbocycles. The summed E-state index contributed by atoms with van der Waals surface area (Å²) >= 11 is 5.89. The van der Waals surface area contributed by atoms with Crippen molar-refractivity contribution in [3.63, 3.8) is 0 Å². The summed E-state index contributed by atoms with van der Waals surface area (Å²) in [5, 5.41) is 3.42. The van der Waals surface area contributed by atoms with Gasteiger partial charge in [-0.3, -0.25) is 4.79 Å². The van der Waals surface area contributed by atoms with Crippen molar-refractivity contribution in [3.05, 3.63) is 17.0 Å². The van der Waals surface area contributed by atoms with Crippen molar-refractivity contribution >= 4 is 23.3 Å². The topological polar surface area (TPSA) is 99.4 Å². The third kappa shape index (κ3) is 3.16. The number of ether oxygens (including phenoxy) is 2. The number of aromatic nitrogens is 2. The lowest BCUT2D eigenvalue weighted by molar-refractivity contribution is -0.0134. The number of amides is 1. The highest BCUT2D eigenvalue weighted by Gasteiger charge is 2.43. The van der Waals surface area contributed by atoms with Crippen LogP contribution >= 0.6 is 11.6 Å². The van der Waals surface area contributed by atoms with E-state index in [0.717, 1.165) is 32.3 Å². The van der Waals surface area contributed by atoms with E-state index in [4.69, 9.17) is 26.8 Å². The molecule has 8 heteroatoms. The summed E-state index contributed by atoms with van der Waals surface area (Å²) in [6.45, 7) is 2.09. The lowest BCUT2D eigenvalue weighted by Crippen LogP contribution is -2.53. The van der Waals surface area contributed by atoms with Gasteiger partial charge in [-0.05, 0) is 37.3 Å². The molecule has 1 atom stereocenters. The summed E-state index contributed by atoms with van der Waals surface area (Å²) in [6.07, 6.45) is 3.76. The number of nitrogens with one attached hydrogen (secondary N) is 1. The van der Waals surface area contributed by atoms with Crippen LogP contribution in [0, 0.1) is 0 Å². The molecule has 0 saturated carbocycles. The predicted molar refractivity (Wildman–Crippen MR) is 80.9 cm³/mol. The van der Waals surface area contributed by atoms with Gasteiger partial charge in [0.1, 0.15) is 11.5 Å². The summed E-state index contributed by atoms with van der Waals surface area (Å²) in [4.78, 5) is 19.3. The van der Waals surface area contributed by atoms with Crippen molar-refractivity contribution in [2.75, 3.05) is 25.1 Å². The molecule has 0 aliphatic carbocycles. The molecule has 1 aromatic heterocycles. The standard InChI is InChI=1S/C14H19ClN4O3/c15-13-17-9(12(16)20)8-11(18-13)19-14(3-6-21-7-4-14)10-2-1-5-22-10/h8,10H,1-7H2,(H2,16,20)(H,17,18,19). The van der Waals surface area contributed by atoms with E-state index in [1.165, 1.54) is 6.07 Å². The highest BCUT2D eigenvalue weighted by Crippen LogP contribution is 2.35. The zero-order valence-electron chi connectivity index (χ0n) is 12.2. The van der Waals surface area contributed by atoms with Gasteiger partial charge in [0.2, 0.25) is 5.28 Å². The number of rotatable bonds is 4. The van der Waals surface area contributed by atoms with Crippen molar-refractivity contribution in [1.82, 2.24) is 9.97 Å². The van der Waals surface area contributed by atoms with Gasteiger partial charge in [-0.2, -0.15) is 0 Å². The van der Waals surface area contributed by atoms with Gasteiger partial charge in [-0.1, -0.05) is 0 Å². The normalized spacial score (nSPS) is 24.1. The Hall–Kier alpha value is -1.44. The van der Waals surface area contributed by atoms with E-state index in [0.29, 0.717) is 19.0 Å². The molecule has 22 heavy (non-hydrogen) atoms. The summed E-state index contributed by atoms with van der Waals surface area (Å²) < 4.78 is 11.4. The van der Waals surface area contributed by atoms with E-state index in [1.807, 2.05) is 0 Å². The molecule has 2 aliphatic heterocycles. The molecule has 7 nitrogen and oxygen atoms in total. The lowest BCUT2D eigenvalue weighted by Gasteiger charge is -2.42. The van der Waals surface area contributed by atoms with Gasteiger partial charge >= 0.3 is 0 Å². The molecule has 0 radical (unpaired) electrons. The van der Waals surface area contributed by atoms with Gasteiger partial charge < -0.3 is 20.5 Å². The summed E-state index contributed by atoms with van der Waals surface area (Å²) in [7, 11) is 0. The van der Waals surface area contributed by atoms with Crippen LogP contribution in [-0.4, -0.2) is 47.3 Å². The second-order valence-corrected chi connectivity index (χ2v) is 6.00. The SMILES string of the molecule is NC(=O)c1cc(NC2(C3CCCO3)CCOCC2)nc(Cl)n1. The number of carbonyl (C=O) groups excluding carboxylic acids is 1. The number of nitrogens with zero attached hydrogens (tertiary/aromatic N) is 2. The summed E-state index contributed by atoms with van der Waals surface area (Å²) in [6, 6.07) is 1.53. The smallest absolute Gasteiger partial charge is 0.267 e. The molecule has 2 saturated heterocycles. The minimum Gasteiger partial charge on any atom is -0.381 e. The Balaban J connectivity index is 1.88. The first kappa shape index (κ1) is 15.5. The Bertz CT molecular complexity index is 557. The fourth-order valence-electron chi connectivity index (χ4n) is 3.14. The third-order valence-electron chi connectivity index (χ3n) is 4.26. The number of hydrogen-bond acceptors (Lipinski definition) is 6. The van der Waals surface area contributed by atoms with Crippen LogP contribution in [0.4, 0.5) is 5.82 Å². The quantitative estimate of drug-likeness (QED) is 0.811. The Morgan fingerprint density at radius 2 is 2.14 bits per heavy atom. The number of primary amides is 1. The minimum absolute atomic E-state index is 0.00616. The number of anilines is 1. The highest BCUT2D eigenvalue weighted by atomic mass is 35.5. The molecule has 0 bridgehead atoms. The maximum Gasteiger partial charge on any atom is 0.267 e. The van der Waals surface area contributed by atoms with Gasteiger partial charge in [-0.25, -0.2) is 9.97 Å². The Morgan fingerprint density at radius 3 is 2.77 bits per heavy atom. The van der Waals surface area contributed by atoms with Crippen molar-refractivity contribution < 1.29 is 14.3 Å². The van der Waals surface area contributed by atoms with Crippen LogP contribution in [0.25, 0.3) is 0 Å². The Morgan fingerprint density at radius 1 is 1.36 bits per heavy atom. The first-order valence-electron chi connectivity index (χ1n) is 7.41. The van der Waals surface area contributed by atoms with E-state index in [9.17, 15) is 4.79 Å². The van der Waals surface area contributed by atoms with Crippen molar-refractivity contribution in [2.45, 2.75) is 37.3 Å². The van der Waals surface area contributed by atoms with E-state index in [2.05, 4.69) is 15.3 Å². The molecule has 0 spiro atoms. The number of hydrogen-bond donors (Lipinski definition) is 2. The van der Waals surface area contributed by atoms with Crippen LogP contribution in [0.1, 0.15) is 36.2 Å². The molecule has 1 unspecified atom stereocenters. The first-order valence-corrected chi connectivity index (χ1v) is 7.79. The zero-order chi connectivity index (χ0) is 15.6. The van der Waals surface area contributed by atoms with Gasteiger partial charge in [0, 0.05) is 25.9 Å². The van der Waals surface area contributed by atoms with Crippen molar-refractivity contribution in [3.8, 4) is 0 Å². The molecule has 2 fully saturated rings.